The van der Waals surface area contributed by atoms with E-state index in [1.807, 2.05) is 13.8 Å². The van der Waals surface area contributed by atoms with Crippen LogP contribution in [-0.4, -0.2) is 55.9 Å². The summed E-state index contributed by atoms with van der Waals surface area (Å²) >= 11 is 0. The molecule has 2 unspecified atom stereocenters. The third kappa shape index (κ3) is 6.93. The van der Waals surface area contributed by atoms with E-state index in [0.717, 1.165) is 0 Å². The Morgan fingerprint density at radius 3 is 2.59 bits per heavy atom. The number of halogens is 1. The van der Waals surface area contributed by atoms with Crippen molar-refractivity contribution in [3.63, 3.8) is 0 Å². The van der Waals surface area contributed by atoms with Crippen molar-refractivity contribution >= 4 is 34.7 Å². The summed E-state index contributed by atoms with van der Waals surface area (Å²) in [5.41, 5.74) is 1.54. The molecule has 1 aromatic carbocycles. The Hall–Kier alpha value is -3.76. The normalized spacial score (nSPS) is 14.1. The number of benzene rings is 1. The molecule has 0 saturated heterocycles. The number of carboxylic acid groups (broad SMARTS) is 1. The topological polar surface area (TPSA) is 156 Å². The van der Waals surface area contributed by atoms with Gasteiger partial charge in [0.05, 0.1) is 29.9 Å². The van der Waals surface area contributed by atoms with E-state index in [1.54, 1.807) is 30.3 Å². The summed E-state index contributed by atoms with van der Waals surface area (Å²) in [6.07, 6.45) is 0.141. The van der Waals surface area contributed by atoms with E-state index in [1.165, 1.54) is 6.07 Å². The van der Waals surface area contributed by atoms with Crippen molar-refractivity contribution in [2.24, 2.45) is 0 Å². The van der Waals surface area contributed by atoms with Crippen LogP contribution in [-0.2, 0) is 4.79 Å². The summed E-state index contributed by atoms with van der Waals surface area (Å²) in [7, 11) is 0. The molecular formula is C27H32FN3O6. The number of aliphatic hydroxyl groups excluding tert-OH is 2. The number of hydrogen-bond acceptors (Lipinski definition) is 5. The van der Waals surface area contributed by atoms with Gasteiger partial charge >= 0.3 is 5.97 Å². The lowest BCUT2D eigenvalue weighted by Gasteiger charge is -2.14. The molecule has 10 heteroatoms. The summed E-state index contributed by atoms with van der Waals surface area (Å²) in [6, 6.07) is 8.24. The first-order valence-electron chi connectivity index (χ1n) is 12.3. The minimum Gasteiger partial charge on any atom is -0.481 e. The standard InChI is InChI=1S/C25H26FN3O6.C2H6/c26-19-2-1-3-21-17(19)12-18(25(35)29-21)22-9-14-8-13(4-5-20(14)28-22)24(34)27-7-6-15(30)10-16(31)11-23(32)33;1-2/h3-5,8-9,12,15-16,28,30-31H,1-2,6-7,10-11H2,(H,27,34)(H,29,35)(H,32,33);1-2H3. The highest BCUT2D eigenvalue weighted by Crippen LogP contribution is 2.23. The summed E-state index contributed by atoms with van der Waals surface area (Å²) in [5, 5.41) is 32.4. The zero-order chi connectivity index (χ0) is 27.1. The fourth-order valence-electron chi connectivity index (χ4n) is 4.20. The molecule has 4 rings (SSSR count). The van der Waals surface area contributed by atoms with Crippen molar-refractivity contribution in [3.8, 4) is 11.3 Å². The number of nitrogens with one attached hydrogen (secondary N) is 3. The van der Waals surface area contributed by atoms with Gasteiger partial charge in [-0.1, -0.05) is 19.9 Å². The molecule has 6 N–H and O–H groups in total. The number of aromatic amines is 2. The highest BCUT2D eigenvalue weighted by molar-refractivity contribution is 5.99. The molecular weight excluding hydrogens is 481 g/mol. The number of rotatable bonds is 9. The average molecular weight is 514 g/mol. The monoisotopic (exact) mass is 513 g/mol. The van der Waals surface area contributed by atoms with Gasteiger partial charge in [0.25, 0.3) is 11.5 Å². The van der Waals surface area contributed by atoms with Gasteiger partial charge in [0.15, 0.2) is 0 Å². The summed E-state index contributed by atoms with van der Waals surface area (Å²) in [4.78, 5) is 41.6. The van der Waals surface area contributed by atoms with Crippen LogP contribution in [0.2, 0.25) is 0 Å². The zero-order valence-electron chi connectivity index (χ0n) is 20.8. The predicted octanol–water partition coefficient (Wildman–Crippen LogP) is 1.91. The molecule has 0 fully saturated rings. The van der Waals surface area contributed by atoms with E-state index in [-0.39, 0.29) is 36.7 Å². The molecule has 1 aliphatic rings. The molecule has 0 bridgehead atoms. The number of fused-ring (bicyclic) bond motifs is 2. The van der Waals surface area contributed by atoms with E-state index < -0.39 is 24.6 Å². The average Bonchev–Trinajstić information content (AvgIpc) is 3.27. The maximum Gasteiger partial charge on any atom is 0.305 e. The van der Waals surface area contributed by atoms with Crippen molar-refractivity contribution in [2.75, 3.05) is 6.54 Å². The van der Waals surface area contributed by atoms with Gasteiger partial charge in [-0.05, 0) is 49.6 Å². The molecule has 0 aliphatic heterocycles. The van der Waals surface area contributed by atoms with E-state index in [4.69, 9.17) is 5.11 Å². The molecule has 0 radical (unpaired) electrons. The molecule has 198 valence electrons. The smallest absolute Gasteiger partial charge is 0.305 e. The second-order valence-corrected chi connectivity index (χ2v) is 8.66. The first-order valence-corrected chi connectivity index (χ1v) is 12.3. The zero-order valence-corrected chi connectivity index (χ0v) is 20.8. The van der Waals surface area contributed by atoms with Crippen LogP contribution in [0, 0.1) is 0 Å². The van der Waals surface area contributed by atoms with Gasteiger partial charge in [-0.25, -0.2) is 4.39 Å². The lowest BCUT2D eigenvalue weighted by Crippen LogP contribution is -2.37. The van der Waals surface area contributed by atoms with Crippen LogP contribution in [0.3, 0.4) is 0 Å². The number of carbonyl (C=O) groups is 2. The molecule has 2 aromatic heterocycles. The fourth-order valence-corrected chi connectivity index (χ4v) is 4.20. The van der Waals surface area contributed by atoms with Crippen LogP contribution >= 0.6 is 0 Å². The number of pyridine rings is 1. The molecule has 2 heterocycles. The number of aliphatic carboxylic acids is 1. The fraction of sp³-hybridized carbons (Fsp3) is 0.370. The highest BCUT2D eigenvalue weighted by Gasteiger charge is 2.16. The number of carboxylic acids is 1. The maximum absolute atomic E-state index is 14.3. The Morgan fingerprint density at radius 2 is 1.86 bits per heavy atom. The molecule has 1 amide bonds. The third-order valence-electron chi connectivity index (χ3n) is 5.97. The van der Waals surface area contributed by atoms with Crippen molar-refractivity contribution < 1.29 is 29.3 Å². The molecule has 0 spiro atoms. The molecule has 3 aromatic rings. The van der Waals surface area contributed by atoms with Crippen LogP contribution in [0.1, 0.15) is 56.3 Å². The van der Waals surface area contributed by atoms with E-state index >= 15 is 0 Å². The van der Waals surface area contributed by atoms with Gasteiger partial charge in [0.2, 0.25) is 0 Å². The largest absolute Gasteiger partial charge is 0.481 e. The molecule has 2 atom stereocenters. The number of aliphatic hydroxyl groups is 2. The van der Waals surface area contributed by atoms with E-state index in [9.17, 15) is 29.0 Å². The van der Waals surface area contributed by atoms with Gasteiger partial charge < -0.3 is 30.6 Å². The van der Waals surface area contributed by atoms with Crippen molar-refractivity contribution in [1.82, 2.24) is 15.3 Å². The number of carbonyl (C=O) groups excluding carboxylic acids is 1. The Bertz CT molecular complexity index is 1460. The van der Waals surface area contributed by atoms with Crippen LogP contribution in [0.4, 0.5) is 4.39 Å². The van der Waals surface area contributed by atoms with Crippen LogP contribution in [0.15, 0.2) is 35.1 Å². The molecule has 0 saturated carbocycles. The molecule has 1 aliphatic carbocycles. The van der Waals surface area contributed by atoms with Gasteiger partial charge in [-0.15, -0.1) is 0 Å². The van der Waals surface area contributed by atoms with Crippen molar-refractivity contribution in [2.45, 2.75) is 58.2 Å². The minimum atomic E-state index is -1.15. The Balaban J connectivity index is 0.00000186. The van der Waals surface area contributed by atoms with Gasteiger partial charge in [-0.2, -0.15) is 0 Å². The maximum atomic E-state index is 14.3. The second-order valence-electron chi connectivity index (χ2n) is 8.66. The van der Waals surface area contributed by atoms with Gasteiger partial charge in [-0.3, -0.25) is 14.4 Å². The van der Waals surface area contributed by atoms with E-state index in [2.05, 4.69) is 15.3 Å². The Morgan fingerprint density at radius 1 is 1.11 bits per heavy atom. The minimum absolute atomic E-state index is 0.0955. The number of aromatic nitrogens is 2. The SMILES string of the molecule is CC.O=C(O)CC(O)CC(O)CCNC(=O)c1ccc2[nH]c(-c3cc4c([nH]c3=O)=CCCC=4F)cc2c1. The number of amides is 1. The third-order valence-corrected chi connectivity index (χ3v) is 5.97. The van der Waals surface area contributed by atoms with E-state index in [0.29, 0.717) is 51.1 Å². The van der Waals surface area contributed by atoms with Crippen molar-refractivity contribution in [3.05, 3.63) is 56.8 Å². The summed E-state index contributed by atoms with van der Waals surface area (Å²) in [6.45, 7) is 4.14. The molecule has 9 nitrogen and oxygen atoms in total. The van der Waals surface area contributed by atoms with Crippen LogP contribution in [0.5, 0.6) is 0 Å². The summed E-state index contributed by atoms with van der Waals surface area (Å²) < 4.78 is 14.3. The lowest BCUT2D eigenvalue weighted by molar-refractivity contribution is -0.139. The van der Waals surface area contributed by atoms with Gasteiger partial charge in [0.1, 0.15) is 5.83 Å². The highest BCUT2D eigenvalue weighted by atomic mass is 19.1. The first kappa shape index (κ1) is 27.8. The van der Waals surface area contributed by atoms with Crippen molar-refractivity contribution in [1.29, 1.82) is 0 Å². The van der Waals surface area contributed by atoms with Crippen LogP contribution < -0.4 is 21.4 Å². The quantitative estimate of drug-likeness (QED) is 0.257. The van der Waals surface area contributed by atoms with Crippen LogP contribution in [0.25, 0.3) is 34.1 Å². The molecule has 37 heavy (non-hydrogen) atoms. The lowest BCUT2D eigenvalue weighted by atomic mass is 10.1. The second kappa shape index (κ2) is 12.5. The first-order chi connectivity index (χ1) is 17.7. The predicted molar refractivity (Wildman–Crippen MR) is 139 cm³/mol. The Kier molecular flexibility index (Phi) is 9.37. The number of hydrogen-bond donors (Lipinski definition) is 6. The van der Waals surface area contributed by atoms with Gasteiger partial charge in [0, 0.05) is 40.0 Å². The summed E-state index contributed by atoms with van der Waals surface area (Å²) in [5.74, 6) is -1.79. The Labute approximate surface area is 212 Å². The number of H-pyrrole nitrogens is 2.